The molecule has 0 aliphatic rings. The molecule has 1 unspecified atom stereocenters. The van der Waals surface area contributed by atoms with Crippen LogP contribution < -0.4 is 0 Å². The van der Waals surface area contributed by atoms with E-state index in [1.54, 1.807) is 11.8 Å². The van der Waals surface area contributed by atoms with Gasteiger partial charge < -0.3 is 0 Å². The third-order valence-electron chi connectivity index (χ3n) is 0.651. The van der Waals surface area contributed by atoms with Crippen LogP contribution in [0.2, 0.25) is 0 Å². The first-order valence-corrected chi connectivity index (χ1v) is 3.43. The Balaban J connectivity index is 3.04. The average molecular weight is 114 g/mol. The molecular weight excluding hydrogens is 104 g/mol. The molecule has 0 nitrogen and oxygen atoms in total. The molecule has 0 aromatic rings. The zero-order valence-electron chi connectivity index (χ0n) is 4.77. The largest absolute Gasteiger partial charge is 0.146 e. The van der Waals surface area contributed by atoms with Crippen LogP contribution in [0.3, 0.4) is 0 Å². The topological polar surface area (TPSA) is 0 Å². The van der Waals surface area contributed by atoms with Crippen molar-refractivity contribution in [3.05, 3.63) is 0 Å². The highest BCUT2D eigenvalue weighted by atomic mass is 32.2. The molecule has 0 radical (unpaired) electrons. The Morgan fingerprint density at radius 2 is 2.43 bits per heavy atom. The van der Waals surface area contributed by atoms with E-state index in [1.807, 2.05) is 6.92 Å². The average Bonchev–Trinajstić information content (AvgIpc) is 1.68. The molecule has 0 aliphatic carbocycles. The van der Waals surface area contributed by atoms with Crippen molar-refractivity contribution in [2.24, 2.45) is 0 Å². The standard InChI is InChI=1S/C6H10S/c1-4-6(3)7-5-2/h1,6H,5H2,2-3H3. The van der Waals surface area contributed by atoms with Crippen molar-refractivity contribution in [3.63, 3.8) is 0 Å². The van der Waals surface area contributed by atoms with Gasteiger partial charge in [0.25, 0.3) is 0 Å². The molecule has 0 saturated heterocycles. The van der Waals surface area contributed by atoms with Crippen LogP contribution in [0.25, 0.3) is 0 Å². The normalized spacial score (nSPS) is 12.7. The van der Waals surface area contributed by atoms with E-state index in [4.69, 9.17) is 6.42 Å². The molecule has 0 aromatic heterocycles. The second-order valence-corrected chi connectivity index (χ2v) is 2.88. The summed E-state index contributed by atoms with van der Waals surface area (Å²) in [7, 11) is 0. The molecule has 1 heteroatoms. The highest BCUT2D eigenvalue weighted by Gasteiger charge is 1.89. The van der Waals surface area contributed by atoms with Crippen LogP contribution in [-0.2, 0) is 0 Å². The Labute approximate surface area is 49.7 Å². The van der Waals surface area contributed by atoms with Crippen molar-refractivity contribution in [1.29, 1.82) is 0 Å². The van der Waals surface area contributed by atoms with E-state index in [9.17, 15) is 0 Å². The van der Waals surface area contributed by atoms with Gasteiger partial charge in [0.15, 0.2) is 0 Å². The highest BCUT2D eigenvalue weighted by Crippen LogP contribution is 2.06. The summed E-state index contributed by atoms with van der Waals surface area (Å²) in [6.07, 6.45) is 5.09. The first kappa shape index (κ1) is 6.91. The zero-order valence-corrected chi connectivity index (χ0v) is 5.59. The van der Waals surface area contributed by atoms with Gasteiger partial charge in [-0.3, -0.25) is 0 Å². The Morgan fingerprint density at radius 1 is 1.86 bits per heavy atom. The number of terminal acetylenes is 1. The zero-order chi connectivity index (χ0) is 5.70. The van der Waals surface area contributed by atoms with Crippen LogP contribution >= 0.6 is 11.8 Å². The van der Waals surface area contributed by atoms with Gasteiger partial charge in [0.2, 0.25) is 0 Å². The molecule has 0 spiro atoms. The molecule has 1 atom stereocenters. The molecule has 0 amide bonds. The minimum absolute atomic E-state index is 0.394. The van der Waals surface area contributed by atoms with Crippen molar-refractivity contribution < 1.29 is 0 Å². The summed E-state index contributed by atoms with van der Waals surface area (Å²) in [6.45, 7) is 4.15. The van der Waals surface area contributed by atoms with E-state index in [0.717, 1.165) is 5.75 Å². The van der Waals surface area contributed by atoms with Gasteiger partial charge in [-0.25, -0.2) is 0 Å². The molecule has 0 rings (SSSR count). The number of thioether (sulfide) groups is 1. The van der Waals surface area contributed by atoms with Crippen LogP contribution in [0.15, 0.2) is 0 Å². The van der Waals surface area contributed by atoms with E-state index in [1.165, 1.54) is 0 Å². The summed E-state index contributed by atoms with van der Waals surface area (Å²) in [5.74, 6) is 3.75. The molecule has 7 heavy (non-hydrogen) atoms. The second kappa shape index (κ2) is 4.08. The lowest BCUT2D eigenvalue weighted by atomic mass is 10.5. The van der Waals surface area contributed by atoms with Crippen molar-refractivity contribution >= 4 is 11.8 Å². The summed E-state index contributed by atoms with van der Waals surface area (Å²) in [6, 6.07) is 0. The maximum Gasteiger partial charge on any atom is 0.0626 e. The lowest BCUT2D eigenvalue weighted by Crippen LogP contribution is -1.88. The second-order valence-electron chi connectivity index (χ2n) is 1.26. The predicted octanol–water partition coefficient (Wildman–Crippen LogP) is 1.76. The Kier molecular flexibility index (Phi) is 4.03. The van der Waals surface area contributed by atoms with Crippen LogP contribution in [0.5, 0.6) is 0 Å². The maximum absolute atomic E-state index is 5.09. The van der Waals surface area contributed by atoms with Crippen LogP contribution in [0, 0.1) is 12.3 Å². The summed E-state index contributed by atoms with van der Waals surface area (Å²) in [4.78, 5) is 0. The fraction of sp³-hybridized carbons (Fsp3) is 0.667. The predicted molar refractivity (Wildman–Crippen MR) is 36.4 cm³/mol. The van der Waals surface area contributed by atoms with Crippen LogP contribution in [0.4, 0.5) is 0 Å². The fourth-order valence-corrected chi connectivity index (χ4v) is 0.894. The lowest BCUT2D eigenvalue weighted by molar-refractivity contribution is 1.29. The van der Waals surface area contributed by atoms with E-state index < -0.39 is 0 Å². The molecule has 0 N–H and O–H groups in total. The van der Waals surface area contributed by atoms with Crippen molar-refractivity contribution in [1.82, 2.24) is 0 Å². The van der Waals surface area contributed by atoms with Gasteiger partial charge in [0.05, 0.1) is 5.25 Å². The van der Waals surface area contributed by atoms with Gasteiger partial charge in [-0.05, 0) is 12.7 Å². The molecule has 0 fully saturated rings. The Hall–Kier alpha value is -0.0900. The molecule has 0 bridgehead atoms. The Bertz CT molecular complexity index is 70.7. The number of rotatable bonds is 2. The smallest absolute Gasteiger partial charge is 0.0626 e. The van der Waals surface area contributed by atoms with Gasteiger partial charge in [-0.2, -0.15) is 0 Å². The van der Waals surface area contributed by atoms with Gasteiger partial charge in [0, 0.05) is 0 Å². The highest BCUT2D eigenvalue weighted by molar-refractivity contribution is 8.00. The first-order valence-electron chi connectivity index (χ1n) is 2.39. The fourth-order valence-electron chi connectivity index (χ4n) is 0.298. The molecule has 0 aromatic carbocycles. The maximum atomic E-state index is 5.09. The summed E-state index contributed by atoms with van der Waals surface area (Å²) in [5.41, 5.74) is 0. The molecule has 0 saturated carbocycles. The summed E-state index contributed by atoms with van der Waals surface area (Å²) < 4.78 is 0. The molecule has 0 heterocycles. The SMILES string of the molecule is C#CC(C)SCC. The van der Waals surface area contributed by atoms with Crippen LogP contribution in [-0.4, -0.2) is 11.0 Å². The molecule has 0 aliphatic heterocycles. The van der Waals surface area contributed by atoms with E-state index in [2.05, 4.69) is 12.8 Å². The summed E-state index contributed by atoms with van der Waals surface area (Å²) >= 11 is 1.80. The lowest BCUT2D eigenvalue weighted by Gasteiger charge is -1.96. The van der Waals surface area contributed by atoms with Gasteiger partial charge in [0.1, 0.15) is 0 Å². The monoisotopic (exact) mass is 114 g/mol. The van der Waals surface area contributed by atoms with E-state index in [0.29, 0.717) is 5.25 Å². The van der Waals surface area contributed by atoms with Gasteiger partial charge >= 0.3 is 0 Å². The number of hydrogen-bond acceptors (Lipinski definition) is 1. The third kappa shape index (κ3) is 3.75. The third-order valence-corrected chi connectivity index (χ3v) is 1.62. The van der Waals surface area contributed by atoms with Gasteiger partial charge in [-0.15, -0.1) is 18.2 Å². The van der Waals surface area contributed by atoms with Crippen LogP contribution in [0.1, 0.15) is 13.8 Å². The number of hydrogen-bond donors (Lipinski definition) is 0. The van der Waals surface area contributed by atoms with Crippen molar-refractivity contribution in [2.45, 2.75) is 19.1 Å². The van der Waals surface area contributed by atoms with Crippen molar-refractivity contribution in [3.8, 4) is 12.3 Å². The van der Waals surface area contributed by atoms with Gasteiger partial charge in [-0.1, -0.05) is 12.8 Å². The minimum atomic E-state index is 0.394. The summed E-state index contributed by atoms with van der Waals surface area (Å²) in [5, 5.41) is 0.394. The molecular formula is C6H10S. The minimum Gasteiger partial charge on any atom is -0.146 e. The van der Waals surface area contributed by atoms with E-state index in [-0.39, 0.29) is 0 Å². The Morgan fingerprint density at radius 3 is 2.57 bits per heavy atom. The van der Waals surface area contributed by atoms with Crippen molar-refractivity contribution in [2.75, 3.05) is 5.75 Å². The first-order chi connectivity index (χ1) is 3.31. The molecule has 40 valence electrons. The van der Waals surface area contributed by atoms with E-state index >= 15 is 0 Å². The quantitative estimate of drug-likeness (QED) is 0.493.